The molecule has 2 aliphatic rings. The molecule has 0 bridgehead atoms. The molecule has 1 saturated carbocycles. The highest BCUT2D eigenvalue weighted by Gasteiger charge is 2.36. The molecule has 0 aromatic heterocycles. The third kappa shape index (κ3) is 2.13. The molecule has 0 unspecified atom stereocenters. The summed E-state index contributed by atoms with van der Waals surface area (Å²) in [6.45, 7) is 4.71. The SMILES string of the molecule is c1ccc([C@H](C2CC2)N2CCNCC2)cc1. The highest BCUT2D eigenvalue weighted by atomic mass is 15.2. The van der Waals surface area contributed by atoms with E-state index in [9.17, 15) is 0 Å². The largest absolute Gasteiger partial charge is 0.314 e. The standard InChI is InChI=1S/C14H20N2/c1-2-4-12(5-3-1)14(13-6-7-13)16-10-8-15-9-11-16/h1-5,13-15H,6-11H2/t14-/m1/s1. The molecule has 16 heavy (non-hydrogen) atoms. The van der Waals surface area contributed by atoms with Gasteiger partial charge < -0.3 is 5.32 Å². The molecule has 0 spiro atoms. The summed E-state index contributed by atoms with van der Waals surface area (Å²) in [4.78, 5) is 2.67. The Hall–Kier alpha value is -0.860. The maximum Gasteiger partial charge on any atom is 0.0377 e. The van der Waals surface area contributed by atoms with Gasteiger partial charge in [-0.05, 0) is 24.3 Å². The Labute approximate surface area is 97.6 Å². The Kier molecular flexibility index (Phi) is 2.94. The Balaban J connectivity index is 1.80. The first-order valence-corrected chi connectivity index (χ1v) is 6.45. The Morgan fingerprint density at radius 1 is 1.06 bits per heavy atom. The second-order valence-corrected chi connectivity index (χ2v) is 4.98. The summed E-state index contributed by atoms with van der Waals surface area (Å²) < 4.78 is 0. The van der Waals surface area contributed by atoms with Gasteiger partial charge in [0, 0.05) is 32.2 Å². The molecule has 0 radical (unpaired) electrons. The third-order valence-corrected chi connectivity index (χ3v) is 3.75. The first-order chi connectivity index (χ1) is 7.95. The van der Waals surface area contributed by atoms with Crippen molar-refractivity contribution in [3.63, 3.8) is 0 Å². The van der Waals surface area contributed by atoms with Gasteiger partial charge in [-0.1, -0.05) is 30.3 Å². The van der Waals surface area contributed by atoms with Crippen molar-refractivity contribution in [2.45, 2.75) is 18.9 Å². The van der Waals surface area contributed by atoms with Gasteiger partial charge >= 0.3 is 0 Å². The van der Waals surface area contributed by atoms with Crippen LogP contribution < -0.4 is 5.32 Å². The first kappa shape index (κ1) is 10.3. The van der Waals surface area contributed by atoms with Crippen molar-refractivity contribution in [1.82, 2.24) is 10.2 Å². The molecule has 1 aliphatic heterocycles. The smallest absolute Gasteiger partial charge is 0.0377 e. The van der Waals surface area contributed by atoms with E-state index in [2.05, 4.69) is 40.5 Å². The molecule has 1 aromatic rings. The van der Waals surface area contributed by atoms with E-state index in [0.717, 1.165) is 19.0 Å². The zero-order valence-corrected chi connectivity index (χ0v) is 9.73. The zero-order valence-electron chi connectivity index (χ0n) is 9.73. The first-order valence-electron chi connectivity index (χ1n) is 6.45. The minimum absolute atomic E-state index is 0.684. The molecule has 86 valence electrons. The van der Waals surface area contributed by atoms with Gasteiger partial charge in [-0.15, -0.1) is 0 Å². The van der Waals surface area contributed by atoms with E-state index in [1.807, 2.05) is 0 Å². The van der Waals surface area contributed by atoms with Gasteiger partial charge in [-0.25, -0.2) is 0 Å². The minimum Gasteiger partial charge on any atom is -0.314 e. The van der Waals surface area contributed by atoms with Crippen molar-refractivity contribution in [2.24, 2.45) is 5.92 Å². The fraction of sp³-hybridized carbons (Fsp3) is 0.571. The van der Waals surface area contributed by atoms with Gasteiger partial charge in [-0.2, -0.15) is 0 Å². The second kappa shape index (κ2) is 4.56. The predicted octanol–water partition coefficient (Wildman–Crippen LogP) is 2.04. The van der Waals surface area contributed by atoms with E-state index in [1.165, 1.54) is 31.5 Å². The van der Waals surface area contributed by atoms with Crippen LogP contribution in [0.3, 0.4) is 0 Å². The fourth-order valence-electron chi connectivity index (χ4n) is 2.80. The summed E-state index contributed by atoms with van der Waals surface area (Å²) in [7, 11) is 0. The lowest BCUT2D eigenvalue weighted by molar-refractivity contribution is 0.156. The summed E-state index contributed by atoms with van der Waals surface area (Å²) in [6.07, 6.45) is 2.84. The van der Waals surface area contributed by atoms with Crippen molar-refractivity contribution >= 4 is 0 Å². The van der Waals surface area contributed by atoms with E-state index in [-0.39, 0.29) is 0 Å². The topological polar surface area (TPSA) is 15.3 Å². The van der Waals surface area contributed by atoms with Gasteiger partial charge in [0.1, 0.15) is 0 Å². The van der Waals surface area contributed by atoms with Crippen molar-refractivity contribution < 1.29 is 0 Å². The molecule has 0 amide bonds. The molecule has 1 N–H and O–H groups in total. The molecule has 1 atom stereocenters. The quantitative estimate of drug-likeness (QED) is 0.832. The van der Waals surface area contributed by atoms with Gasteiger partial charge in [0.15, 0.2) is 0 Å². The molecule has 3 rings (SSSR count). The number of hydrogen-bond acceptors (Lipinski definition) is 2. The predicted molar refractivity (Wildman–Crippen MR) is 66.3 cm³/mol. The molecule has 1 aliphatic carbocycles. The normalized spacial score (nSPS) is 24.2. The van der Waals surface area contributed by atoms with Crippen LogP contribution in [0, 0.1) is 5.92 Å². The van der Waals surface area contributed by atoms with Crippen LogP contribution in [-0.4, -0.2) is 31.1 Å². The van der Waals surface area contributed by atoms with E-state index in [1.54, 1.807) is 0 Å². The average molecular weight is 216 g/mol. The van der Waals surface area contributed by atoms with Gasteiger partial charge in [0.05, 0.1) is 0 Å². The van der Waals surface area contributed by atoms with Crippen LogP contribution in [0.15, 0.2) is 30.3 Å². The van der Waals surface area contributed by atoms with Gasteiger partial charge in [0.25, 0.3) is 0 Å². The molecule has 1 saturated heterocycles. The maximum absolute atomic E-state index is 3.44. The molecule has 2 fully saturated rings. The molecular formula is C14H20N2. The molecule has 1 heterocycles. The Morgan fingerprint density at radius 3 is 2.38 bits per heavy atom. The van der Waals surface area contributed by atoms with Crippen molar-refractivity contribution in [2.75, 3.05) is 26.2 Å². The molecule has 2 heteroatoms. The lowest BCUT2D eigenvalue weighted by atomic mass is 10.00. The monoisotopic (exact) mass is 216 g/mol. The fourth-order valence-corrected chi connectivity index (χ4v) is 2.80. The average Bonchev–Trinajstić information content (AvgIpc) is 3.17. The number of nitrogens with one attached hydrogen (secondary N) is 1. The number of hydrogen-bond donors (Lipinski definition) is 1. The lowest BCUT2D eigenvalue weighted by Gasteiger charge is -2.35. The minimum atomic E-state index is 0.684. The van der Waals surface area contributed by atoms with Crippen LogP contribution in [0.1, 0.15) is 24.4 Å². The Morgan fingerprint density at radius 2 is 1.75 bits per heavy atom. The highest BCUT2D eigenvalue weighted by Crippen LogP contribution is 2.44. The van der Waals surface area contributed by atoms with E-state index < -0.39 is 0 Å². The van der Waals surface area contributed by atoms with E-state index in [0.29, 0.717) is 6.04 Å². The van der Waals surface area contributed by atoms with Crippen LogP contribution in [-0.2, 0) is 0 Å². The van der Waals surface area contributed by atoms with Crippen LogP contribution in [0.4, 0.5) is 0 Å². The molecule has 2 nitrogen and oxygen atoms in total. The Bertz CT molecular complexity index is 326. The maximum atomic E-state index is 3.44. The van der Waals surface area contributed by atoms with Crippen molar-refractivity contribution in [1.29, 1.82) is 0 Å². The number of nitrogens with zero attached hydrogens (tertiary/aromatic N) is 1. The summed E-state index contributed by atoms with van der Waals surface area (Å²) in [5, 5.41) is 3.44. The van der Waals surface area contributed by atoms with Gasteiger partial charge in [0.2, 0.25) is 0 Å². The number of piperazine rings is 1. The lowest BCUT2D eigenvalue weighted by Crippen LogP contribution is -2.45. The van der Waals surface area contributed by atoms with Crippen molar-refractivity contribution in [3.8, 4) is 0 Å². The summed E-state index contributed by atoms with van der Waals surface area (Å²) in [5.41, 5.74) is 1.52. The summed E-state index contributed by atoms with van der Waals surface area (Å²) in [5.74, 6) is 0.917. The number of rotatable bonds is 3. The van der Waals surface area contributed by atoms with Crippen molar-refractivity contribution in [3.05, 3.63) is 35.9 Å². The zero-order chi connectivity index (χ0) is 10.8. The number of benzene rings is 1. The molecular weight excluding hydrogens is 196 g/mol. The van der Waals surface area contributed by atoms with Gasteiger partial charge in [-0.3, -0.25) is 4.90 Å². The highest BCUT2D eigenvalue weighted by molar-refractivity contribution is 5.21. The van der Waals surface area contributed by atoms with Crippen LogP contribution >= 0.6 is 0 Å². The van der Waals surface area contributed by atoms with Crippen LogP contribution in [0.25, 0.3) is 0 Å². The summed E-state index contributed by atoms with van der Waals surface area (Å²) in [6, 6.07) is 11.7. The molecule has 1 aromatic carbocycles. The van der Waals surface area contributed by atoms with E-state index >= 15 is 0 Å². The van der Waals surface area contributed by atoms with Crippen LogP contribution in [0.2, 0.25) is 0 Å². The van der Waals surface area contributed by atoms with E-state index in [4.69, 9.17) is 0 Å². The van der Waals surface area contributed by atoms with Crippen LogP contribution in [0.5, 0.6) is 0 Å². The summed E-state index contributed by atoms with van der Waals surface area (Å²) >= 11 is 0. The second-order valence-electron chi connectivity index (χ2n) is 4.98. The third-order valence-electron chi connectivity index (χ3n) is 3.75.